The smallest absolute Gasteiger partial charge is 0.242 e. The molecule has 6 nitrogen and oxygen atoms in total. The molecule has 0 saturated carbocycles. The average Bonchev–Trinajstić information content (AvgIpc) is 3.33. The maximum absolute atomic E-state index is 13.3. The van der Waals surface area contributed by atoms with Gasteiger partial charge >= 0.3 is 0 Å². The number of aromatic nitrogens is 2. The molecule has 1 aliphatic rings. The summed E-state index contributed by atoms with van der Waals surface area (Å²) in [7, 11) is 1.83. The highest BCUT2D eigenvalue weighted by Crippen LogP contribution is 2.33. The van der Waals surface area contributed by atoms with Gasteiger partial charge in [0.15, 0.2) is 0 Å². The van der Waals surface area contributed by atoms with E-state index in [0.717, 1.165) is 36.2 Å². The second-order valence-corrected chi connectivity index (χ2v) is 8.10. The zero-order chi connectivity index (χ0) is 22.0. The van der Waals surface area contributed by atoms with E-state index in [1.165, 1.54) is 12.1 Å². The van der Waals surface area contributed by atoms with Crippen molar-refractivity contribution in [2.75, 3.05) is 25.0 Å². The molecule has 1 fully saturated rings. The number of amides is 2. The molecule has 1 aliphatic heterocycles. The minimum Gasteiger partial charge on any atom is -0.344 e. The topological polar surface area (TPSA) is 58.4 Å². The third-order valence-electron chi connectivity index (χ3n) is 5.88. The third kappa shape index (κ3) is 4.31. The standard InChI is InChI=1S/C24H27FN4O2/c1-3-4-13-27(2)23(31)16-29-21-8-6-5-7-20(21)26-24(29)17-14-22(30)28(15-17)19-11-9-18(25)10-12-19/h5-12,17H,3-4,13-16H2,1-2H3. The Bertz CT molecular complexity index is 1090. The van der Waals surface area contributed by atoms with Crippen LogP contribution in [-0.4, -0.2) is 46.4 Å². The van der Waals surface area contributed by atoms with E-state index in [1.54, 1.807) is 21.9 Å². The summed E-state index contributed by atoms with van der Waals surface area (Å²) >= 11 is 0. The van der Waals surface area contributed by atoms with Crippen molar-refractivity contribution in [3.8, 4) is 0 Å². The molecule has 2 aromatic carbocycles. The largest absolute Gasteiger partial charge is 0.344 e. The number of rotatable bonds is 7. The van der Waals surface area contributed by atoms with Crippen LogP contribution in [0, 0.1) is 5.82 Å². The number of imidazole rings is 1. The summed E-state index contributed by atoms with van der Waals surface area (Å²) in [5, 5.41) is 0. The number of likely N-dealkylation sites (N-methyl/N-ethyl adjacent to an activating group) is 1. The van der Waals surface area contributed by atoms with Crippen LogP contribution in [0.3, 0.4) is 0 Å². The maximum Gasteiger partial charge on any atom is 0.242 e. The number of unbranched alkanes of at least 4 members (excludes halogenated alkanes) is 1. The predicted molar refractivity (Wildman–Crippen MR) is 118 cm³/mol. The number of halogens is 1. The lowest BCUT2D eigenvalue weighted by Crippen LogP contribution is -2.32. The lowest BCUT2D eigenvalue weighted by molar-refractivity contribution is -0.130. The van der Waals surface area contributed by atoms with E-state index < -0.39 is 0 Å². The normalized spacial score (nSPS) is 16.3. The molecule has 31 heavy (non-hydrogen) atoms. The highest BCUT2D eigenvalue weighted by molar-refractivity contribution is 5.96. The number of fused-ring (bicyclic) bond motifs is 1. The van der Waals surface area contributed by atoms with Gasteiger partial charge in [-0.3, -0.25) is 9.59 Å². The summed E-state index contributed by atoms with van der Waals surface area (Å²) in [6.45, 7) is 3.46. The molecule has 1 unspecified atom stereocenters. The summed E-state index contributed by atoms with van der Waals surface area (Å²) in [6, 6.07) is 13.7. The van der Waals surface area contributed by atoms with Gasteiger partial charge in [-0.2, -0.15) is 0 Å². The highest BCUT2D eigenvalue weighted by Gasteiger charge is 2.35. The molecule has 3 aromatic rings. The van der Waals surface area contributed by atoms with Gasteiger partial charge in [-0.1, -0.05) is 25.5 Å². The molecule has 2 amide bonds. The van der Waals surface area contributed by atoms with E-state index in [4.69, 9.17) is 4.98 Å². The fourth-order valence-electron chi connectivity index (χ4n) is 4.10. The molecule has 4 rings (SSSR count). The van der Waals surface area contributed by atoms with Crippen molar-refractivity contribution in [3.63, 3.8) is 0 Å². The fourth-order valence-corrected chi connectivity index (χ4v) is 4.10. The molecular weight excluding hydrogens is 395 g/mol. The molecule has 1 atom stereocenters. The van der Waals surface area contributed by atoms with E-state index in [9.17, 15) is 14.0 Å². The van der Waals surface area contributed by atoms with Gasteiger partial charge in [-0.05, 0) is 42.8 Å². The predicted octanol–water partition coefficient (Wildman–Crippen LogP) is 3.95. The number of benzene rings is 2. The number of anilines is 1. The first kappa shape index (κ1) is 21.0. The lowest BCUT2D eigenvalue weighted by Gasteiger charge is -2.20. The van der Waals surface area contributed by atoms with Crippen molar-refractivity contribution >= 4 is 28.5 Å². The number of hydrogen-bond donors (Lipinski definition) is 0. The van der Waals surface area contributed by atoms with Crippen molar-refractivity contribution in [2.24, 2.45) is 0 Å². The molecule has 0 bridgehead atoms. The Labute approximate surface area is 181 Å². The van der Waals surface area contributed by atoms with Crippen LogP contribution >= 0.6 is 0 Å². The second kappa shape index (κ2) is 8.88. The van der Waals surface area contributed by atoms with Gasteiger partial charge in [0.1, 0.15) is 18.2 Å². The summed E-state index contributed by atoms with van der Waals surface area (Å²) in [5.74, 6) is 0.272. The van der Waals surface area contributed by atoms with E-state index in [-0.39, 0.29) is 30.1 Å². The van der Waals surface area contributed by atoms with Crippen LogP contribution in [0.15, 0.2) is 48.5 Å². The average molecular weight is 423 g/mol. The van der Waals surface area contributed by atoms with Gasteiger partial charge in [0, 0.05) is 38.2 Å². The zero-order valence-corrected chi connectivity index (χ0v) is 17.9. The quantitative estimate of drug-likeness (QED) is 0.579. The molecule has 0 spiro atoms. The minimum atomic E-state index is -0.334. The number of carbonyl (C=O) groups is 2. The zero-order valence-electron chi connectivity index (χ0n) is 17.9. The van der Waals surface area contributed by atoms with Crippen molar-refractivity contribution in [1.82, 2.24) is 14.5 Å². The molecule has 2 heterocycles. The molecule has 0 aliphatic carbocycles. The Morgan fingerprint density at radius 1 is 1.19 bits per heavy atom. The van der Waals surface area contributed by atoms with Crippen LogP contribution in [0.1, 0.15) is 37.9 Å². The van der Waals surface area contributed by atoms with Crippen molar-refractivity contribution in [2.45, 2.75) is 38.6 Å². The van der Waals surface area contributed by atoms with Gasteiger partial charge in [0.2, 0.25) is 11.8 Å². The third-order valence-corrected chi connectivity index (χ3v) is 5.88. The molecule has 1 saturated heterocycles. The van der Waals surface area contributed by atoms with E-state index in [2.05, 4.69) is 6.92 Å². The Morgan fingerprint density at radius 3 is 2.68 bits per heavy atom. The number of para-hydroxylation sites is 2. The van der Waals surface area contributed by atoms with Gasteiger partial charge < -0.3 is 14.4 Å². The van der Waals surface area contributed by atoms with Gasteiger partial charge in [0.25, 0.3) is 0 Å². The van der Waals surface area contributed by atoms with E-state index >= 15 is 0 Å². The minimum absolute atomic E-state index is 0.0255. The summed E-state index contributed by atoms with van der Waals surface area (Å²) in [6.07, 6.45) is 2.30. The van der Waals surface area contributed by atoms with Crippen molar-refractivity contribution in [1.29, 1.82) is 0 Å². The number of hydrogen-bond acceptors (Lipinski definition) is 3. The van der Waals surface area contributed by atoms with Crippen LogP contribution in [-0.2, 0) is 16.1 Å². The Morgan fingerprint density at radius 2 is 1.94 bits per heavy atom. The summed E-state index contributed by atoms with van der Waals surface area (Å²) in [5.41, 5.74) is 2.38. The van der Waals surface area contributed by atoms with Crippen LogP contribution in [0.5, 0.6) is 0 Å². The first-order chi connectivity index (χ1) is 15.0. The summed E-state index contributed by atoms with van der Waals surface area (Å²) in [4.78, 5) is 33.8. The highest BCUT2D eigenvalue weighted by atomic mass is 19.1. The first-order valence-electron chi connectivity index (χ1n) is 10.7. The lowest BCUT2D eigenvalue weighted by atomic mass is 10.1. The van der Waals surface area contributed by atoms with Gasteiger partial charge in [-0.15, -0.1) is 0 Å². The molecule has 7 heteroatoms. The number of carbonyl (C=O) groups excluding carboxylic acids is 2. The van der Waals surface area contributed by atoms with Crippen LogP contribution in [0.4, 0.5) is 10.1 Å². The fraction of sp³-hybridized carbons (Fsp3) is 0.375. The molecule has 162 valence electrons. The Hall–Kier alpha value is -3.22. The van der Waals surface area contributed by atoms with E-state index in [1.807, 2.05) is 35.9 Å². The maximum atomic E-state index is 13.3. The van der Waals surface area contributed by atoms with Crippen LogP contribution in [0.25, 0.3) is 11.0 Å². The van der Waals surface area contributed by atoms with Crippen LogP contribution < -0.4 is 4.90 Å². The summed E-state index contributed by atoms with van der Waals surface area (Å²) < 4.78 is 15.2. The monoisotopic (exact) mass is 422 g/mol. The first-order valence-corrected chi connectivity index (χ1v) is 10.7. The van der Waals surface area contributed by atoms with Gasteiger partial charge in [-0.25, -0.2) is 9.37 Å². The van der Waals surface area contributed by atoms with E-state index in [0.29, 0.717) is 18.7 Å². The molecule has 0 N–H and O–H groups in total. The SMILES string of the molecule is CCCCN(C)C(=O)Cn1c(C2CC(=O)N(c3ccc(F)cc3)C2)nc2ccccc21. The van der Waals surface area contributed by atoms with Gasteiger partial charge in [0.05, 0.1) is 11.0 Å². The molecule has 1 aromatic heterocycles. The van der Waals surface area contributed by atoms with Crippen molar-refractivity contribution in [3.05, 3.63) is 60.2 Å². The van der Waals surface area contributed by atoms with Crippen molar-refractivity contribution < 1.29 is 14.0 Å². The number of nitrogens with zero attached hydrogens (tertiary/aromatic N) is 4. The molecule has 0 radical (unpaired) electrons. The van der Waals surface area contributed by atoms with Crippen LogP contribution in [0.2, 0.25) is 0 Å². The molecular formula is C24H27FN4O2. The second-order valence-electron chi connectivity index (χ2n) is 8.10. The Balaban J connectivity index is 1.63. The Kier molecular flexibility index (Phi) is 6.02.